The number of benzene rings is 1. The van der Waals surface area contributed by atoms with Gasteiger partial charge in [0, 0.05) is 12.5 Å². The van der Waals surface area contributed by atoms with E-state index in [0.717, 1.165) is 24.8 Å². The largest absolute Gasteiger partial charge is 0.508 e. The molecule has 0 aliphatic heterocycles. The lowest BCUT2D eigenvalue weighted by molar-refractivity contribution is -0.125. The highest BCUT2D eigenvalue weighted by atomic mass is 16.3. The molecule has 0 heterocycles. The normalized spacial score (nSPS) is 18.9. The van der Waals surface area contributed by atoms with Gasteiger partial charge in [-0.25, -0.2) is 0 Å². The van der Waals surface area contributed by atoms with Crippen molar-refractivity contribution in [1.82, 2.24) is 5.32 Å². The second-order valence-corrected chi connectivity index (χ2v) is 4.37. The van der Waals surface area contributed by atoms with Crippen molar-refractivity contribution in [3.63, 3.8) is 0 Å². The molecule has 1 amide bonds. The summed E-state index contributed by atoms with van der Waals surface area (Å²) in [6.07, 6.45) is 6.96. The van der Waals surface area contributed by atoms with Crippen molar-refractivity contribution in [1.29, 1.82) is 0 Å². The van der Waals surface area contributed by atoms with E-state index in [9.17, 15) is 9.90 Å². The van der Waals surface area contributed by atoms with Gasteiger partial charge in [-0.15, -0.1) is 0 Å². The smallest absolute Gasteiger partial charge is 0.223 e. The van der Waals surface area contributed by atoms with E-state index in [1.165, 1.54) is 0 Å². The number of phenols is 1. The van der Waals surface area contributed by atoms with Gasteiger partial charge in [0.15, 0.2) is 0 Å². The van der Waals surface area contributed by atoms with Crippen molar-refractivity contribution < 1.29 is 9.90 Å². The fourth-order valence-electron chi connectivity index (χ4n) is 2.03. The molecule has 2 N–H and O–H groups in total. The van der Waals surface area contributed by atoms with Gasteiger partial charge in [0.1, 0.15) is 5.75 Å². The van der Waals surface area contributed by atoms with Crippen LogP contribution in [0.5, 0.6) is 5.75 Å². The molecule has 0 spiro atoms. The number of allylic oxidation sites excluding steroid dienone is 2. The molecular formula is C14H17NO2. The summed E-state index contributed by atoms with van der Waals surface area (Å²) < 4.78 is 0. The Balaban J connectivity index is 1.85. The number of carbonyl (C=O) groups is 1. The summed E-state index contributed by atoms with van der Waals surface area (Å²) in [5.41, 5.74) is 0.921. The van der Waals surface area contributed by atoms with Crippen molar-refractivity contribution in [2.24, 2.45) is 5.92 Å². The van der Waals surface area contributed by atoms with Gasteiger partial charge in [-0.2, -0.15) is 0 Å². The van der Waals surface area contributed by atoms with Crippen LogP contribution < -0.4 is 5.32 Å². The lowest BCUT2D eigenvalue weighted by Gasteiger charge is -2.17. The molecule has 1 aliphatic rings. The highest BCUT2D eigenvalue weighted by molar-refractivity contribution is 5.78. The Morgan fingerprint density at radius 1 is 1.41 bits per heavy atom. The first-order valence-corrected chi connectivity index (χ1v) is 5.96. The molecule has 90 valence electrons. The number of phenolic OH excluding ortho intramolecular Hbond substituents is 1. The summed E-state index contributed by atoms with van der Waals surface area (Å²) in [7, 11) is 0. The van der Waals surface area contributed by atoms with E-state index in [4.69, 9.17) is 0 Å². The number of hydrogen-bond donors (Lipinski definition) is 2. The highest BCUT2D eigenvalue weighted by Gasteiger charge is 2.17. The van der Waals surface area contributed by atoms with Crippen LogP contribution in [0, 0.1) is 5.92 Å². The molecule has 0 bridgehead atoms. The van der Waals surface area contributed by atoms with Gasteiger partial charge in [0.05, 0.1) is 0 Å². The number of rotatable bonds is 3. The summed E-state index contributed by atoms with van der Waals surface area (Å²) in [5.74, 6) is 0.451. The van der Waals surface area contributed by atoms with Gasteiger partial charge in [-0.3, -0.25) is 4.79 Å². The van der Waals surface area contributed by atoms with E-state index in [1.54, 1.807) is 18.2 Å². The number of aromatic hydroxyl groups is 1. The molecule has 2 rings (SSSR count). The third-order valence-corrected chi connectivity index (χ3v) is 3.02. The average Bonchev–Trinajstić information content (AvgIpc) is 2.37. The summed E-state index contributed by atoms with van der Waals surface area (Å²) in [6.45, 7) is 0.480. The third-order valence-electron chi connectivity index (χ3n) is 3.02. The van der Waals surface area contributed by atoms with Crippen molar-refractivity contribution >= 4 is 5.91 Å². The molecule has 0 fully saturated rings. The maximum atomic E-state index is 11.8. The molecule has 0 saturated carbocycles. The fraction of sp³-hybridized carbons (Fsp3) is 0.357. The molecule has 1 atom stereocenters. The Hall–Kier alpha value is -1.77. The van der Waals surface area contributed by atoms with E-state index in [1.807, 2.05) is 6.07 Å². The van der Waals surface area contributed by atoms with Gasteiger partial charge in [-0.05, 0) is 37.0 Å². The van der Waals surface area contributed by atoms with E-state index < -0.39 is 0 Å². The summed E-state index contributed by atoms with van der Waals surface area (Å²) >= 11 is 0. The van der Waals surface area contributed by atoms with Crippen LogP contribution in [0.15, 0.2) is 36.4 Å². The van der Waals surface area contributed by atoms with Gasteiger partial charge in [0.2, 0.25) is 5.91 Å². The van der Waals surface area contributed by atoms with E-state index in [2.05, 4.69) is 17.5 Å². The Kier molecular flexibility index (Phi) is 3.81. The molecule has 0 aromatic heterocycles. The average molecular weight is 231 g/mol. The number of carbonyl (C=O) groups excluding carboxylic acids is 1. The van der Waals surface area contributed by atoms with Crippen molar-refractivity contribution in [2.45, 2.75) is 25.8 Å². The van der Waals surface area contributed by atoms with E-state index in [-0.39, 0.29) is 17.6 Å². The van der Waals surface area contributed by atoms with Crippen molar-refractivity contribution in [2.75, 3.05) is 0 Å². The van der Waals surface area contributed by atoms with Gasteiger partial charge >= 0.3 is 0 Å². The number of nitrogens with one attached hydrogen (secondary N) is 1. The van der Waals surface area contributed by atoms with Crippen molar-refractivity contribution in [3.05, 3.63) is 42.0 Å². The summed E-state index contributed by atoms with van der Waals surface area (Å²) in [4.78, 5) is 11.8. The SMILES string of the molecule is O=C(NCc1cccc(O)c1)C1CC=CCC1. The Labute approximate surface area is 101 Å². The van der Waals surface area contributed by atoms with Crippen LogP contribution in [0.3, 0.4) is 0 Å². The van der Waals surface area contributed by atoms with Gasteiger partial charge in [-0.1, -0.05) is 24.3 Å². The van der Waals surface area contributed by atoms with E-state index >= 15 is 0 Å². The molecule has 3 heteroatoms. The number of hydrogen-bond acceptors (Lipinski definition) is 2. The molecule has 0 radical (unpaired) electrons. The molecular weight excluding hydrogens is 214 g/mol. The van der Waals surface area contributed by atoms with Crippen molar-refractivity contribution in [3.8, 4) is 5.75 Å². The third kappa shape index (κ3) is 3.34. The standard InChI is InChI=1S/C14H17NO2/c16-13-8-4-5-11(9-13)10-15-14(17)12-6-2-1-3-7-12/h1-2,4-5,8-9,12,16H,3,6-7,10H2,(H,15,17). The monoisotopic (exact) mass is 231 g/mol. The number of amides is 1. The molecule has 1 aromatic carbocycles. The predicted molar refractivity (Wildman–Crippen MR) is 66.4 cm³/mol. The van der Waals surface area contributed by atoms with Crippen LogP contribution in [-0.4, -0.2) is 11.0 Å². The Bertz CT molecular complexity index is 426. The van der Waals surface area contributed by atoms with Crippen LogP contribution >= 0.6 is 0 Å². The first kappa shape index (κ1) is 11.7. The first-order chi connectivity index (χ1) is 8.25. The minimum absolute atomic E-state index is 0.109. The maximum Gasteiger partial charge on any atom is 0.223 e. The summed E-state index contributed by atoms with van der Waals surface area (Å²) in [5, 5.41) is 12.2. The molecule has 1 unspecified atom stereocenters. The predicted octanol–water partition coefficient (Wildman–Crippen LogP) is 2.36. The quantitative estimate of drug-likeness (QED) is 0.785. The van der Waals surface area contributed by atoms with Crippen LogP contribution in [0.25, 0.3) is 0 Å². The second-order valence-electron chi connectivity index (χ2n) is 4.37. The molecule has 1 aliphatic carbocycles. The topological polar surface area (TPSA) is 49.3 Å². The van der Waals surface area contributed by atoms with Gasteiger partial charge in [0.25, 0.3) is 0 Å². The maximum absolute atomic E-state index is 11.8. The van der Waals surface area contributed by atoms with E-state index in [0.29, 0.717) is 6.54 Å². The minimum Gasteiger partial charge on any atom is -0.508 e. The zero-order valence-electron chi connectivity index (χ0n) is 9.73. The van der Waals surface area contributed by atoms with Crippen LogP contribution in [0.1, 0.15) is 24.8 Å². The lowest BCUT2D eigenvalue weighted by atomic mass is 9.93. The molecule has 17 heavy (non-hydrogen) atoms. The zero-order chi connectivity index (χ0) is 12.1. The molecule has 3 nitrogen and oxygen atoms in total. The van der Waals surface area contributed by atoms with Crippen LogP contribution in [0.4, 0.5) is 0 Å². The Morgan fingerprint density at radius 3 is 3.00 bits per heavy atom. The fourth-order valence-corrected chi connectivity index (χ4v) is 2.03. The Morgan fingerprint density at radius 2 is 2.29 bits per heavy atom. The highest BCUT2D eigenvalue weighted by Crippen LogP contribution is 2.18. The summed E-state index contributed by atoms with van der Waals surface area (Å²) in [6, 6.07) is 6.96. The minimum atomic E-state index is 0.109. The second kappa shape index (κ2) is 5.53. The zero-order valence-corrected chi connectivity index (χ0v) is 9.73. The molecule has 0 saturated heterocycles. The van der Waals surface area contributed by atoms with Crippen LogP contribution in [0.2, 0.25) is 0 Å². The van der Waals surface area contributed by atoms with Gasteiger partial charge < -0.3 is 10.4 Å². The lowest BCUT2D eigenvalue weighted by Crippen LogP contribution is -2.30. The van der Waals surface area contributed by atoms with Crippen LogP contribution in [-0.2, 0) is 11.3 Å². The molecule has 1 aromatic rings. The first-order valence-electron chi connectivity index (χ1n) is 5.96.